The first kappa shape index (κ1) is 11.1. The predicted molar refractivity (Wildman–Crippen MR) is 66.9 cm³/mol. The number of nitrogens with two attached hydrogens (primary N) is 1. The van der Waals surface area contributed by atoms with Gasteiger partial charge in [-0.15, -0.1) is 22.7 Å². The molecule has 0 bridgehead atoms. The number of hydrogen-bond acceptors (Lipinski definition) is 5. The van der Waals surface area contributed by atoms with E-state index < -0.39 is 0 Å². The van der Waals surface area contributed by atoms with Gasteiger partial charge in [0.15, 0.2) is 0 Å². The van der Waals surface area contributed by atoms with Crippen molar-refractivity contribution in [1.82, 2.24) is 10.3 Å². The van der Waals surface area contributed by atoms with Crippen LogP contribution in [0.4, 0.5) is 5.69 Å². The lowest BCUT2D eigenvalue weighted by molar-refractivity contribution is 0.0959. The molecule has 1 amide bonds. The fraction of sp³-hybridized carbons (Fsp3) is 0.200. The molecule has 84 valence electrons. The highest BCUT2D eigenvalue weighted by Gasteiger charge is 2.10. The molecule has 0 aliphatic carbocycles. The van der Waals surface area contributed by atoms with Crippen LogP contribution >= 0.6 is 22.7 Å². The summed E-state index contributed by atoms with van der Waals surface area (Å²) in [6, 6.07) is 1.74. The van der Waals surface area contributed by atoms with E-state index in [0.29, 0.717) is 17.1 Å². The molecule has 0 atom stereocenters. The van der Waals surface area contributed by atoms with Gasteiger partial charge in [0.05, 0.1) is 16.9 Å². The molecule has 2 rings (SSSR count). The zero-order valence-electron chi connectivity index (χ0n) is 8.47. The average molecular weight is 253 g/mol. The minimum absolute atomic E-state index is 0.109. The van der Waals surface area contributed by atoms with E-state index in [9.17, 15) is 4.79 Å². The summed E-state index contributed by atoms with van der Waals surface area (Å²) in [5, 5.41) is 6.61. The lowest BCUT2D eigenvalue weighted by Crippen LogP contribution is -2.25. The van der Waals surface area contributed by atoms with Crippen molar-refractivity contribution in [1.29, 1.82) is 0 Å². The zero-order chi connectivity index (χ0) is 11.4. The molecule has 0 aliphatic rings. The molecule has 0 fully saturated rings. The van der Waals surface area contributed by atoms with Crippen molar-refractivity contribution in [3.05, 3.63) is 32.9 Å². The fourth-order valence-corrected chi connectivity index (χ4v) is 2.58. The van der Waals surface area contributed by atoms with Crippen molar-refractivity contribution in [3.63, 3.8) is 0 Å². The second-order valence-electron chi connectivity index (χ2n) is 3.19. The highest BCUT2D eigenvalue weighted by Crippen LogP contribution is 2.18. The van der Waals surface area contributed by atoms with E-state index in [-0.39, 0.29) is 5.91 Å². The molecule has 0 saturated carbocycles. The Kier molecular flexibility index (Phi) is 3.53. The van der Waals surface area contributed by atoms with Crippen molar-refractivity contribution in [2.24, 2.45) is 0 Å². The molecule has 0 aromatic carbocycles. The van der Waals surface area contributed by atoms with Gasteiger partial charge in [-0.25, -0.2) is 4.98 Å². The number of carbonyl (C=O) groups excluding carboxylic acids is 1. The first-order valence-electron chi connectivity index (χ1n) is 4.75. The standard InChI is InChI=1S/C10H11N3OS2/c11-8-2-4-16-9(8)10(14)12-3-1-7-5-15-6-13-7/h2,4-6H,1,3,11H2,(H,12,14). The summed E-state index contributed by atoms with van der Waals surface area (Å²) in [6.07, 6.45) is 0.751. The van der Waals surface area contributed by atoms with Gasteiger partial charge in [-0.05, 0) is 11.4 Å². The number of nitrogens with zero attached hydrogens (tertiary/aromatic N) is 1. The third-order valence-electron chi connectivity index (χ3n) is 2.05. The van der Waals surface area contributed by atoms with Crippen LogP contribution in [-0.4, -0.2) is 17.4 Å². The van der Waals surface area contributed by atoms with Gasteiger partial charge in [0, 0.05) is 18.3 Å². The van der Waals surface area contributed by atoms with Crippen molar-refractivity contribution >= 4 is 34.3 Å². The molecular formula is C10H11N3OS2. The van der Waals surface area contributed by atoms with Crippen LogP contribution in [0.25, 0.3) is 0 Å². The van der Waals surface area contributed by atoms with Crippen LogP contribution in [0.15, 0.2) is 22.3 Å². The number of nitrogens with one attached hydrogen (secondary N) is 1. The minimum atomic E-state index is -0.109. The number of hydrogen-bond donors (Lipinski definition) is 2. The molecule has 0 spiro atoms. The fourth-order valence-electron chi connectivity index (χ4n) is 1.25. The van der Waals surface area contributed by atoms with E-state index in [2.05, 4.69) is 10.3 Å². The SMILES string of the molecule is Nc1ccsc1C(=O)NCCc1cscn1. The predicted octanol–water partition coefficient (Wildman–Crippen LogP) is 1.76. The molecule has 4 nitrogen and oxygen atoms in total. The maximum Gasteiger partial charge on any atom is 0.263 e. The number of thiazole rings is 1. The average Bonchev–Trinajstić information content (AvgIpc) is 2.88. The normalized spacial score (nSPS) is 10.2. The van der Waals surface area contributed by atoms with Crippen molar-refractivity contribution in [3.8, 4) is 0 Å². The Morgan fingerprint density at radius 3 is 3.06 bits per heavy atom. The molecule has 16 heavy (non-hydrogen) atoms. The highest BCUT2D eigenvalue weighted by atomic mass is 32.1. The number of nitrogen functional groups attached to an aromatic ring is 1. The lowest BCUT2D eigenvalue weighted by Gasteiger charge is -2.02. The van der Waals surface area contributed by atoms with Crippen LogP contribution in [0.2, 0.25) is 0 Å². The monoisotopic (exact) mass is 253 g/mol. The summed E-state index contributed by atoms with van der Waals surface area (Å²) < 4.78 is 0. The van der Waals surface area contributed by atoms with E-state index >= 15 is 0 Å². The van der Waals surface area contributed by atoms with Crippen molar-refractivity contribution in [2.45, 2.75) is 6.42 Å². The van der Waals surface area contributed by atoms with E-state index in [0.717, 1.165) is 12.1 Å². The number of carbonyl (C=O) groups is 1. The van der Waals surface area contributed by atoms with E-state index in [1.54, 1.807) is 22.9 Å². The topological polar surface area (TPSA) is 68.0 Å². The largest absolute Gasteiger partial charge is 0.397 e. The molecule has 6 heteroatoms. The van der Waals surface area contributed by atoms with Gasteiger partial charge in [0.2, 0.25) is 0 Å². The summed E-state index contributed by atoms with van der Waals surface area (Å²) >= 11 is 2.91. The summed E-state index contributed by atoms with van der Waals surface area (Å²) in [6.45, 7) is 0.583. The molecule has 0 radical (unpaired) electrons. The Hall–Kier alpha value is -1.40. The Morgan fingerprint density at radius 2 is 2.44 bits per heavy atom. The number of aromatic nitrogens is 1. The minimum Gasteiger partial charge on any atom is -0.397 e. The van der Waals surface area contributed by atoms with Gasteiger partial charge in [0.1, 0.15) is 4.88 Å². The Bertz CT molecular complexity index is 464. The first-order chi connectivity index (χ1) is 7.77. The second-order valence-corrected chi connectivity index (χ2v) is 4.83. The quantitative estimate of drug-likeness (QED) is 0.872. The molecule has 2 aromatic rings. The van der Waals surface area contributed by atoms with Crippen LogP contribution in [0.1, 0.15) is 15.4 Å². The Morgan fingerprint density at radius 1 is 1.56 bits per heavy atom. The van der Waals surface area contributed by atoms with Gasteiger partial charge in [-0.2, -0.15) is 0 Å². The van der Waals surface area contributed by atoms with Crippen LogP contribution < -0.4 is 11.1 Å². The van der Waals surface area contributed by atoms with Crippen molar-refractivity contribution < 1.29 is 4.79 Å². The van der Waals surface area contributed by atoms with Crippen LogP contribution in [0.3, 0.4) is 0 Å². The number of thiophene rings is 1. The molecule has 2 aromatic heterocycles. The van der Waals surface area contributed by atoms with E-state index in [1.807, 2.05) is 10.8 Å². The first-order valence-corrected chi connectivity index (χ1v) is 6.58. The Balaban J connectivity index is 1.83. The van der Waals surface area contributed by atoms with Crippen LogP contribution in [-0.2, 0) is 6.42 Å². The van der Waals surface area contributed by atoms with Gasteiger partial charge in [-0.3, -0.25) is 4.79 Å². The summed E-state index contributed by atoms with van der Waals surface area (Å²) in [5.41, 5.74) is 8.98. The smallest absolute Gasteiger partial charge is 0.263 e. The molecule has 0 saturated heterocycles. The molecular weight excluding hydrogens is 242 g/mol. The molecule has 0 unspecified atom stereocenters. The zero-order valence-corrected chi connectivity index (χ0v) is 10.1. The third-order valence-corrected chi connectivity index (χ3v) is 3.62. The third kappa shape index (κ3) is 2.59. The van der Waals surface area contributed by atoms with Gasteiger partial charge in [0.25, 0.3) is 5.91 Å². The maximum absolute atomic E-state index is 11.7. The second kappa shape index (κ2) is 5.09. The highest BCUT2D eigenvalue weighted by molar-refractivity contribution is 7.12. The summed E-state index contributed by atoms with van der Waals surface area (Å²) in [4.78, 5) is 16.4. The van der Waals surface area contributed by atoms with Crippen molar-refractivity contribution in [2.75, 3.05) is 12.3 Å². The number of anilines is 1. The number of amides is 1. The van der Waals surface area contributed by atoms with E-state index in [4.69, 9.17) is 5.73 Å². The molecule has 2 heterocycles. The molecule has 3 N–H and O–H groups in total. The maximum atomic E-state index is 11.7. The van der Waals surface area contributed by atoms with Crippen LogP contribution in [0.5, 0.6) is 0 Å². The number of rotatable bonds is 4. The summed E-state index contributed by atoms with van der Waals surface area (Å²) in [7, 11) is 0. The lowest BCUT2D eigenvalue weighted by atomic mass is 10.3. The van der Waals surface area contributed by atoms with Crippen LogP contribution in [0, 0.1) is 0 Å². The van der Waals surface area contributed by atoms with Gasteiger partial charge in [-0.1, -0.05) is 0 Å². The Labute approximate surface area is 101 Å². The molecule has 0 aliphatic heterocycles. The van der Waals surface area contributed by atoms with Gasteiger partial charge < -0.3 is 11.1 Å². The van der Waals surface area contributed by atoms with Gasteiger partial charge >= 0.3 is 0 Å². The summed E-state index contributed by atoms with van der Waals surface area (Å²) in [5.74, 6) is -0.109. The van der Waals surface area contributed by atoms with E-state index in [1.165, 1.54) is 11.3 Å².